The molecule has 1 aliphatic heterocycles. The average Bonchev–Trinajstić information content (AvgIpc) is 2.82. The van der Waals surface area contributed by atoms with E-state index in [0.29, 0.717) is 0 Å². The first-order chi connectivity index (χ1) is 7.85. The summed E-state index contributed by atoms with van der Waals surface area (Å²) < 4.78 is 0. The molecule has 1 N–H and O–H groups in total. The molecule has 0 saturated heterocycles. The summed E-state index contributed by atoms with van der Waals surface area (Å²) in [5.41, 5.74) is 4.05. The molecule has 3 heteroatoms. The molecular weight excluding hydrogens is 216 g/mol. The van der Waals surface area contributed by atoms with Crippen molar-refractivity contribution in [3.05, 3.63) is 29.3 Å². The fourth-order valence-corrected chi connectivity index (χ4v) is 2.65. The summed E-state index contributed by atoms with van der Waals surface area (Å²) in [6.45, 7) is 5.34. The van der Waals surface area contributed by atoms with Gasteiger partial charge in [0.1, 0.15) is 0 Å². The molecular formula is C13H18N2S. The van der Waals surface area contributed by atoms with E-state index in [2.05, 4.69) is 42.4 Å². The van der Waals surface area contributed by atoms with Crippen LogP contribution in [-0.4, -0.2) is 17.5 Å². The molecule has 0 unspecified atom stereocenters. The van der Waals surface area contributed by atoms with Crippen LogP contribution in [0.4, 0.5) is 5.69 Å². The smallest absolute Gasteiger partial charge is 0.161 e. The number of rotatable bonds is 3. The number of nitrogens with zero attached hydrogens (tertiary/aromatic N) is 1. The Bertz CT molecular complexity index is 377. The van der Waals surface area contributed by atoms with E-state index in [0.717, 1.165) is 30.3 Å². The van der Waals surface area contributed by atoms with Crippen molar-refractivity contribution in [1.29, 1.82) is 0 Å². The lowest BCUT2D eigenvalue weighted by Gasteiger charge is -2.14. The normalized spacial score (nSPS) is 15.0. The first-order valence-electron chi connectivity index (χ1n) is 5.90. The van der Waals surface area contributed by atoms with Gasteiger partial charge in [0.2, 0.25) is 0 Å². The number of benzene rings is 1. The molecule has 1 heterocycles. The maximum atomic E-state index is 4.45. The van der Waals surface area contributed by atoms with Crippen molar-refractivity contribution in [3.63, 3.8) is 0 Å². The molecule has 0 radical (unpaired) electrons. The second kappa shape index (κ2) is 5.39. The standard InChI is InChI=1S/C13H18N2S/c1-3-10-6-5-7-11(4-2)12(10)15-13-14-8-9-16-13/h5-7H,3-4,8-9H2,1-2H3,(H,14,15). The van der Waals surface area contributed by atoms with Gasteiger partial charge in [-0.15, -0.1) is 0 Å². The number of thioether (sulfide) groups is 1. The van der Waals surface area contributed by atoms with E-state index in [1.807, 2.05) is 11.8 Å². The van der Waals surface area contributed by atoms with Gasteiger partial charge in [0, 0.05) is 11.4 Å². The van der Waals surface area contributed by atoms with Crippen LogP contribution >= 0.6 is 11.8 Å². The molecule has 2 nitrogen and oxygen atoms in total. The van der Waals surface area contributed by atoms with Crippen LogP contribution in [-0.2, 0) is 12.8 Å². The zero-order valence-electron chi connectivity index (χ0n) is 9.92. The van der Waals surface area contributed by atoms with E-state index < -0.39 is 0 Å². The number of hydrogen-bond donors (Lipinski definition) is 1. The van der Waals surface area contributed by atoms with Crippen LogP contribution in [0.5, 0.6) is 0 Å². The Labute approximate surface area is 102 Å². The summed E-state index contributed by atoms with van der Waals surface area (Å²) in [6.07, 6.45) is 2.13. The van der Waals surface area contributed by atoms with Crippen LogP contribution in [0, 0.1) is 0 Å². The van der Waals surface area contributed by atoms with Gasteiger partial charge in [-0.3, -0.25) is 4.99 Å². The molecule has 16 heavy (non-hydrogen) atoms. The first kappa shape index (κ1) is 11.5. The highest BCUT2D eigenvalue weighted by Gasteiger charge is 2.11. The Kier molecular flexibility index (Phi) is 3.88. The fourth-order valence-electron chi connectivity index (χ4n) is 1.92. The zero-order valence-corrected chi connectivity index (χ0v) is 10.7. The van der Waals surface area contributed by atoms with E-state index >= 15 is 0 Å². The van der Waals surface area contributed by atoms with Crippen LogP contribution in [0.3, 0.4) is 0 Å². The molecule has 1 aromatic rings. The minimum absolute atomic E-state index is 0.947. The molecule has 86 valence electrons. The summed E-state index contributed by atoms with van der Waals surface area (Å²) in [4.78, 5) is 4.45. The Hall–Kier alpha value is -0.960. The highest BCUT2D eigenvalue weighted by molar-refractivity contribution is 8.14. The molecule has 0 aliphatic carbocycles. The van der Waals surface area contributed by atoms with Crippen molar-refractivity contribution in [2.45, 2.75) is 26.7 Å². The van der Waals surface area contributed by atoms with Crippen molar-refractivity contribution in [2.75, 3.05) is 17.6 Å². The second-order valence-electron chi connectivity index (χ2n) is 3.82. The van der Waals surface area contributed by atoms with Gasteiger partial charge >= 0.3 is 0 Å². The lowest BCUT2D eigenvalue weighted by molar-refractivity contribution is 1.09. The van der Waals surface area contributed by atoms with Crippen LogP contribution < -0.4 is 5.32 Å². The van der Waals surface area contributed by atoms with E-state index in [9.17, 15) is 0 Å². The Balaban J connectivity index is 2.28. The summed E-state index contributed by atoms with van der Waals surface area (Å²) in [6, 6.07) is 6.54. The predicted molar refractivity (Wildman–Crippen MR) is 73.6 cm³/mol. The Morgan fingerprint density at radius 2 is 1.94 bits per heavy atom. The molecule has 0 spiro atoms. The lowest BCUT2D eigenvalue weighted by atomic mass is 10.0. The fraction of sp³-hybridized carbons (Fsp3) is 0.462. The highest BCUT2D eigenvalue weighted by Crippen LogP contribution is 2.25. The summed E-state index contributed by atoms with van der Waals surface area (Å²) in [5.74, 6) is 1.11. The van der Waals surface area contributed by atoms with Crippen molar-refractivity contribution < 1.29 is 0 Å². The third kappa shape index (κ3) is 2.40. The third-order valence-corrected chi connectivity index (χ3v) is 3.71. The van der Waals surface area contributed by atoms with Crippen LogP contribution in [0.1, 0.15) is 25.0 Å². The maximum absolute atomic E-state index is 4.45. The van der Waals surface area contributed by atoms with E-state index in [1.54, 1.807) is 0 Å². The van der Waals surface area contributed by atoms with Crippen molar-refractivity contribution in [3.8, 4) is 0 Å². The summed E-state index contributed by atoms with van der Waals surface area (Å²) >= 11 is 1.81. The Morgan fingerprint density at radius 3 is 2.44 bits per heavy atom. The first-order valence-corrected chi connectivity index (χ1v) is 6.88. The lowest BCUT2D eigenvalue weighted by Crippen LogP contribution is -2.09. The molecule has 2 rings (SSSR count). The monoisotopic (exact) mass is 234 g/mol. The molecule has 0 bridgehead atoms. The highest BCUT2D eigenvalue weighted by atomic mass is 32.2. The van der Waals surface area contributed by atoms with E-state index in [4.69, 9.17) is 0 Å². The van der Waals surface area contributed by atoms with Crippen LogP contribution in [0.25, 0.3) is 0 Å². The van der Waals surface area contributed by atoms with Gasteiger partial charge in [-0.05, 0) is 24.0 Å². The zero-order chi connectivity index (χ0) is 11.4. The van der Waals surface area contributed by atoms with Crippen molar-refractivity contribution >= 4 is 22.6 Å². The van der Waals surface area contributed by atoms with E-state index in [-0.39, 0.29) is 0 Å². The molecule has 0 amide bonds. The number of anilines is 1. The minimum Gasteiger partial charge on any atom is -0.335 e. The second-order valence-corrected chi connectivity index (χ2v) is 4.90. The molecule has 0 fully saturated rings. The largest absolute Gasteiger partial charge is 0.335 e. The van der Waals surface area contributed by atoms with Crippen LogP contribution in [0.15, 0.2) is 23.2 Å². The van der Waals surface area contributed by atoms with Gasteiger partial charge in [0.05, 0.1) is 6.54 Å². The van der Waals surface area contributed by atoms with Gasteiger partial charge < -0.3 is 5.32 Å². The average molecular weight is 234 g/mol. The SMILES string of the molecule is CCc1cccc(CC)c1NC1=NCCS1. The van der Waals surface area contributed by atoms with Gasteiger partial charge in [-0.1, -0.05) is 43.8 Å². The molecule has 1 aliphatic rings. The third-order valence-electron chi connectivity index (χ3n) is 2.82. The summed E-state index contributed by atoms with van der Waals surface area (Å²) in [5, 5.41) is 4.57. The molecule has 0 aromatic heterocycles. The predicted octanol–water partition coefficient (Wildman–Crippen LogP) is 3.33. The molecule has 0 saturated carbocycles. The number of aliphatic imine (C=N–C) groups is 1. The minimum atomic E-state index is 0.947. The number of para-hydroxylation sites is 1. The Morgan fingerprint density at radius 1 is 1.25 bits per heavy atom. The van der Waals surface area contributed by atoms with Crippen molar-refractivity contribution in [2.24, 2.45) is 4.99 Å². The summed E-state index contributed by atoms with van der Waals surface area (Å²) in [7, 11) is 0. The topological polar surface area (TPSA) is 24.4 Å². The van der Waals surface area contributed by atoms with Gasteiger partial charge in [-0.2, -0.15) is 0 Å². The van der Waals surface area contributed by atoms with Crippen molar-refractivity contribution in [1.82, 2.24) is 0 Å². The number of aryl methyl sites for hydroxylation is 2. The molecule has 1 aromatic carbocycles. The number of hydrogen-bond acceptors (Lipinski definition) is 3. The van der Waals surface area contributed by atoms with Gasteiger partial charge in [0.15, 0.2) is 5.17 Å². The maximum Gasteiger partial charge on any atom is 0.161 e. The van der Waals surface area contributed by atoms with Gasteiger partial charge in [0.25, 0.3) is 0 Å². The van der Waals surface area contributed by atoms with Crippen LogP contribution in [0.2, 0.25) is 0 Å². The number of nitrogens with one attached hydrogen (secondary N) is 1. The van der Waals surface area contributed by atoms with E-state index in [1.165, 1.54) is 16.8 Å². The number of amidine groups is 1. The van der Waals surface area contributed by atoms with Gasteiger partial charge in [-0.25, -0.2) is 0 Å². The quantitative estimate of drug-likeness (QED) is 0.867. The molecule has 0 atom stereocenters.